The molecule has 0 fully saturated rings. The standard InChI is InChI=1S/C14H11ClF3N/c1-19-14(8-4-10(17)6-11(18)5-8)12-7-9(16)2-3-13(12)15/h2-7,14,19H,1H3. The highest BCUT2D eigenvalue weighted by molar-refractivity contribution is 6.31. The average Bonchev–Trinajstić information content (AvgIpc) is 2.33. The largest absolute Gasteiger partial charge is 0.309 e. The highest BCUT2D eigenvalue weighted by Gasteiger charge is 2.17. The van der Waals surface area contributed by atoms with Crippen LogP contribution < -0.4 is 5.32 Å². The van der Waals surface area contributed by atoms with Gasteiger partial charge in [-0.1, -0.05) is 11.6 Å². The van der Waals surface area contributed by atoms with Crippen molar-refractivity contribution in [3.8, 4) is 0 Å². The van der Waals surface area contributed by atoms with Crippen LogP contribution in [-0.2, 0) is 0 Å². The second kappa shape index (κ2) is 5.63. The van der Waals surface area contributed by atoms with E-state index in [0.717, 1.165) is 6.07 Å². The second-order valence-electron chi connectivity index (χ2n) is 4.09. The summed E-state index contributed by atoms with van der Waals surface area (Å²) in [4.78, 5) is 0. The molecule has 2 aromatic carbocycles. The van der Waals surface area contributed by atoms with E-state index in [1.807, 2.05) is 0 Å². The minimum absolute atomic E-state index is 0.324. The van der Waals surface area contributed by atoms with Crippen LogP contribution in [0.4, 0.5) is 13.2 Å². The molecule has 0 spiro atoms. The molecule has 1 atom stereocenters. The molecule has 0 saturated heterocycles. The van der Waals surface area contributed by atoms with Gasteiger partial charge in [0.15, 0.2) is 0 Å². The van der Waals surface area contributed by atoms with Crippen LogP contribution in [-0.4, -0.2) is 7.05 Å². The maximum atomic E-state index is 13.3. The van der Waals surface area contributed by atoms with Gasteiger partial charge in [-0.3, -0.25) is 0 Å². The van der Waals surface area contributed by atoms with E-state index in [9.17, 15) is 13.2 Å². The first kappa shape index (κ1) is 13.9. The molecule has 0 heterocycles. The number of rotatable bonds is 3. The minimum Gasteiger partial charge on any atom is -0.309 e. The van der Waals surface area contributed by atoms with Gasteiger partial charge in [-0.05, 0) is 48.5 Å². The van der Waals surface area contributed by atoms with E-state index in [1.54, 1.807) is 7.05 Å². The monoisotopic (exact) mass is 285 g/mol. The fourth-order valence-electron chi connectivity index (χ4n) is 1.98. The molecule has 1 N–H and O–H groups in total. The van der Waals surface area contributed by atoms with Crippen molar-refractivity contribution in [1.82, 2.24) is 5.32 Å². The van der Waals surface area contributed by atoms with Crippen molar-refractivity contribution in [2.24, 2.45) is 0 Å². The summed E-state index contributed by atoms with van der Waals surface area (Å²) in [6.45, 7) is 0. The normalized spacial score (nSPS) is 12.5. The first-order valence-corrected chi connectivity index (χ1v) is 5.97. The number of nitrogens with one attached hydrogen (secondary N) is 1. The molecule has 2 aromatic rings. The first-order chi connectivity index (χ1) is 9.01. The Morgan fingerprint density at radius 1 is 0.947 bits per heavy atom. The molecule has 0 bridgehead atoms. The highest BCUT2D eigenvalue weighted by Crippen LogP contribution is 2.29. The Morgan fingerprint density at radius 3 is 2.16 bits per heavy atom. The van der Waals surface area contributed by atoms with Crippen LogP contribution in [0.3, 0.4) is 0 Å². The Kier molecular flexibility index (Phi) is 4.12. The predicted octanol–water partition coefficient (Wildman–Crippen LogP) is 4.07. The molecule has 2 rings (SSSR count). The van der Waals surface area contributed by atoms with Crippen LogP contribution in [0.1, 0.15) is 17.2 Å². The van der Waals surface area contributed by atoms with Gasteiger partial charge in [-0.25, -0.2) is 13.2 Å². The molecule has 0 aliphatic heterocycles. The van der Waals surface area contributed by atoms with Crippen molar-refractivity contribution in [1.29, 1.82) is 0 Å². The summed E-state index contributed by atoms with van der Waals surface area (Å²) < 4.78 is 39.8. The Bertz CT molecular complexity index is 581. The Balaban J connectivity index is 2.52. The summed E-state index contributed by atoms with van der Waals surface area (Å²) in [5.41, 5.74) is 0.765. The van der Waals surface area contributed by atoms with Gasteiger partial charge in [0.1, 0.15) is 17.5 Å². The molecule has 19 heavy (non-hydrogen) atoms. The second-order valence-corrected chi connectivity index (χ2v) is 4.50. The maximum absolute atomic E-state index is 13.3. The van der Waals surface area contributed by atoms with Crippen LogP contribution >= 0.6 is 11.6 Å². The average molecular weight is 286 g/mol. The summed E-state index contributed by atoms with van der Waals surface area (Å²) in [7, 11) is 1.61. The van der Waals surface area contributed by atoms with Gasteiger partial charge in [0.25, 0.3) is 0 Å². The Labute approximate surface area is 114 Å². The summed E-state index contributed by atoms with van der Waals surface area (Å²) in [5, 5.41) is 3.20. The van der Waals surface area contributed by atoms with E-state index in [0.29, 0.717) is 16.1 Å². The lowest BCUT2D eigenvalue weighted by molar-refractivity contribution is 0.570. The molecule has 100 valence electrons. The number of hydrogen-bond acceptors (Lipinski definition) is 1. The van der Waals surface area contributed by atoms with E-state index >= 15 is 0 Å². The van der Waals surface area contributed by atoms with E-state index in [1.165, 1.54) is 30.3 Å². The Hall–Kier alpha value is -1.52. The topological polar surface area (TPSA) is 12.0 Å². The van der Waals surface area contributed by atoms with Gasteiger partial charge in [0.05, 0.1) is 6.04 Å². The summed E-state index contributed by atoms with van der Waals surface area (Å²) in [5.74, 6) is -1.85. The van der Waals surface area contributed by atoms with E-state index in [-0.39, 0.29) is 0 Å². The Morgan fingerprint density at radius 2 is 1.58 bits per heavy atom. The lowest BCUT2D eigenvalue weighted by Crippen LogP contribution is -2.18. The van der Waals surface area contributed by atoms with Gasteiger partial charge in [0.2, 0.25) is 0 Å². The molecule has 1 unspecified atom stereocenters. The fourth-order valence-corrected chi connectivity index (χ4v) is 2.21. The summed E-state index contributed by atoms with van der Waals surface area (Å²) in [6.07, 6.45) is 0. The number of benzene rings is 2. The molecule has 5 heteroatoms. The maximum Gasteiger partial charge on any atom is 0.126 e. The van der Waals surface area contributed by atoms with Crippen molar-refractivity contribution in [3.63, 3.8) is 0 Å². The molecular formula is C14H11ClF3N. The molecule has 0 aliphatic rings. The zero-order chi connectivity index (χ0) is 14.0. The molecule has 0 amide bonds. The minimum atomic E-state index is -0.692. The smallest absolute Gasteiger partial charge is 0.126 e. The third-order valence-corrected chi connectivity index (χ3v) is 3.12. The quantitative estimate of drug-likeness (QED) is 0.896. The highest BCUT2D eigenvalue weighted by atomic mass is 35.5. The fraction of sp³-hybridized carbons (Fsp3) is 0.143. The number of halogens is 4. The van der Waals surface area contributed by atoms with Crippen molar-refractivity contribution in [3.05, 3.63) is 70.0 Å². The molecule has 0 saturated carbocycles. The van der Waals surface area contributed by atoms with Crippen LogP contribution in [0, 0.1) is 17.5 Å². The van der Waals surface area contributed by atoms with Crippen LogP contribution in [0.15, 0.2) is 36.4 Å². The third-order valence-electron chi connectivity index (χ3n) is 2.78. The summed E-state index contributed by atoms with van der Waals surface area (Å²) >= 11 is 6.01. The van der Waals surface area contributed by atoms with Crippen LogP contribution in [0.25, 0.3) is 0 Å². The van der Waals surface area contributed by atoms with Crippen molar-refractivity contribution in [2.75, 3.05) is 7.05 Å². The predicted molar refractivity (Wildman–Crippen MR) is 68.7 cm³/mol. The first-order valence-electron chi connectivity index (χ1n) is 5.59. The van der Waals surface area contributed by atoms with Gasteiger partial charge >= 0.3 is 0 Å². The van der Waals surface area contributed by atoms with Crippen LogP contribution in [0.5, 0.6) is 0 Å². The van der Waals surface area contributed by atoms with E-state index in [2.05, 4.69) is 5.32 Å². The van der Waals surface area contributed by atoms with Crippen molar-refractivity contribution >= 4 is 11.6 Å². The molecule has 0 aliphatic carbocycles. The van der Waals surface area contributed by atoms with E-state index < -0.39 is 23.5 Å². The van der Waals surface area contributed by atoms with Crippen LogP contribution in [0.2, 0.25) is 5.02 Å². The molecule has 0 radical (unpaired) electrons. The SMILES string of the molecule is CNC(c1cc(F)cc(F)c1)c1cc(F)ccc1Cl. The molecule has 1 nitrogen and oxygen atoms in total. The van der Waals surface area contributed by atoms with Crippen molar-refractivity contribution in [2.45, 2.75) is 6.04 Å². The molecule has 0 aromatic heterocycles. The number of hydrogen-bond donors (Lipinski definition) is 1. The third kappa shape index (κ3) is 3.08. The molecular weight excluding hydrogens is 275 g/mol. The lowest BCUT2D eigenvalue weighted by Gasteiger charge is -2.19. The summed E-state index contributed by atoms with van der Waals surface area (Å²) in [6, 6.07) is 6.44. The van der Waals surface area contributed by atoms with Gasteiger partial charge in [-0.15, -0.1) is 0 Å². The zero-order valence-corrected chi connectivity index (χ0v) is 10.8. The van der Waals surface area contributed by atoms with Crippen molar-refractivity contribution < 1.29 is 13.2 Å². The van der Waals surface area contributed by atoms with Gasteiger partial charge in [-0.2, -0.15) is 0 Å². The van der Waals surface area contributed by atoms with Gasteiger partial charge < -0.3 is 5.32 Å². The van der Waals surface area contributed by atoms with Gasteiger partial charge in [0, 0.05) is 11.1 Å². The zero-order valence-electron chi connectivity index (χ0n) is 10.1. The lowest BCUT2D eigenvalue weighted by atomic mass is 9.98. The van der Waals surface area contributed by atoms with E-state index in [4.69, 9.17) is 11.6 Å².